The van der Waals surface area contributed by atoms with Crippen LogP contribution in [0.3, 0.4) is 0 Å². The number of hydrogen-bond acceptors (Lipinski definition) is 2. The van der Waals surface area contributed by atoms with Gasteiger partial charge in [-0.15, -0.1) is 0 Å². The minimum atomic E-state index is 0.127. The molecule has 0 aliphatic carbocycles. The first-order valence-corrected chi connectivity index (χ1v) is 8.38. The minimum absolute atomic E-state index is 0.127. The van der Waals surface area contributed by atoms with Gasteiger partial charge in [0.1, 0.15) is 0 Å². The van der Waals surface area contributed by atoms with Crippen LogP contribution < -0.4 is 5.32 Å². The first kappa shape index (κ1) is 17.8. The molecule has 0 spiro atoms. The number of nitrogens with zero attached hydrogens (tertiary/aromatic N) is 3. The van der Waals surface area contributed by atoms with Crippen molar-refractivity contribution in [1.29, 1.82) is 0 Å². The van der Waals surface area contributed by atoms with E-state index in [-0.39, 0.29) is 5.54 Å². The quantitative estimate of drug-likeness (QED) is 0.684. The zero-order valence-electron chi connectivity index (χ0n) is 15.8. The standard InChI is InChI=1S/C19H32N4/c1-18(2)14-23(19(18,3)4)17(20-5)21-12-15-9-8-10-16(11-15)13-22(6)7/h8-11H,12-14H2,1-7H3,(H,20,21). The van der Waals surface area contributed by atoms with Crippen LogP contribution in [-0.4, -0.2) is 49.0 Å². The predicted molar refractivity (Wildman–Crippen MR) is 98.6 cm³/mol. The lowest BCUT2D eigenvalue weighted by atomic mass is 9.65. The smallest absolute Gasteiger partial charge is 0.194 e. The Hall–Kier alpha value is -1.55. The third kappa shape index (κ3) is 3.69. The maximum Gasteiger partial charge on any atom is 0.194 e. The normalized spacial score (nSPS) is 19.7. The largest absolute Gasteiger partial charge is 0.352 e. The summed E-state index contributed by atoms with van der Waals surface area (Å²) in [5.74, 6) is 0.993. The highest BCUT2D eigenvalue weighted by Crippen LogP contribution is 2.46. The van der Waals surface area contributed by atoms with Crippen molar-refractivity contribution < 1.29 is 0 Å². The van der Waals surface area contributed by atoms with Crippen LogP contribution in [0.15, 0.2) is 29.3 Å². The summed E-state index contributed by atoms with van der Waals surface area (Å²) in [5.41, 5.74) is 3.08. The molecule has 0 unspecified atom stereocenters. The Morgan fingerprint density at radius 1 is 1.22 bits per heavy atom. The maximum atomic E-state index is 4.48. The van der Waals surface area contributed by atoms with E-state index in [1.54, 1.807) is 0 Å². The lowest BCUT2D eigenvalue weighted by Gasteiger charge is -2.62. The predicted octanol–water partition coefficient (Wildman–Crippen LogP) is 2.94. The van der Waals surface area contributed by atoms with Gasteiger partial charge in [-0.3, -0.25) is 4.99 Å². The van der Waals surface area contributed by atoms with E-state index < -0.39 is 0 Å². The Labute approximate surface area is 141 Å². The van der Waals surface area contributed by atoms with Crippen molar-refractivity contribution in [1.82, 2.24) is 15.1 Å². The van der Waals surface area contributed by atoms with E-state index in [0.717, 1.165) is 25.6 Å². The lowest BCUT2D eigenvalue weighted by Crippen LogP contribution is -2.72. The molecule has 1 aromatic rings. The molecule has 1 heterocycles. The number of rotatable bonds is 4. The first-order valence-electron chi connectivity index (χ1n) is 8.38. The molecule has 0 saturated carbocycles. The molecule has 128 valence electrons. The summed E-state index contributed by atoms with van der Waals surface area (Å²) in [4.78, 5) is 9.04. The van der Waals surface area contributed by atoms with Gasteiger partial charge in [0.25, 0.3) is 0 Å². The van der Waals surface area contributed by atoms with E-state index >= 15 is 0 Å². The number of likely N-dealkylation sites (tertiary alicyclic amines) is 1. The summed E-state index contributed by atoms with van der Waals surface area (Å²) in [7, 11) is 6.06. The van der Waals surface area contributed by atoms with Crippen molar-refractivity contribution in [3.05, 3.63) is 35.4 Å². The van der Waals surface area contributed by atoms with Crippen LogP contribution in [0.5, 0.6) is 0 Å². The van der Waals surface area contributed by atoms with Crippen LogP contribution in [0, 0.1) is 5.41 Å². The van der Waals surface area contributed by atoms with Crippen LogP contribution in [0.4, 0.5) is 0 Å². The number of hydrogen-bond donors (Lipinski definition) is 1. The number of guanidine groups is 1. The monoisotopic (exact) mass is 316 g/mol. The lowest BCUT2D eigenvalue weighted by molar-refractivity contribution is -0.0667. The fourth-order valence-electron chi connectivity index (χ4n) is 3.08. The summed E-state index contributed by atoms with van der Waals surface area (Å²) in [6, 6.07) is 8.75. The van der Waals surface area contributed by atoms with E-state index in [4.69, 9.17) is 0 Å². The van der Waals surface area contributed by atoms with E-state index in [0.29, 0.717) is 5.41 Å². The van der Waals surface area contributed by atoms with Gasteiger partial charge in [0.05, 0.1) is 0 Å². The second kappa shape index (κ2) is 6.52. The van der Waals surface area contributed by atoms with Crippen molar-refractivity contribution in [3.63, 3.8) is 0 Å². The van der Waals surface area contributed by atoms with Gasteiger partial charge in [-0.05, 0) is 39.1 Å². The molecule has 0 amide bonds. The first-order chi connectivity index (χ1) is 10.7. The van der Waals surface area contributed by atoms with Gasteiger partial charge in [0.2, 0.25) is 0 Å². The third-order valence-electron chi connectivity index (χ3n) is 5.29. The SMILES string of the molecule is CN=C(NCc1cccc(CN(C)C)c1)N1CC(C)(C)C1(C)C. The Kier molecular flexibility index (Phi) is 5.04. The molecule has 0 atom stereocenters. The second-order valence-electron chi connectivity index (χ2n) is 7.99. The summed E-state index contributed by atoms with van der Waals surface area (Å²) in [6.45, 7) is 12.0. The van der Waals surface area contributed by atoms with Gasteiger partial charge in [-0.25, -0.2) is 0 Å². The molecular weight excluding hydrogens is 284 g/mol. The van der Waals surface area contributed by atoms with Crippen LogP contribution in [0.1, 0.15) is 38.8 Å². The molecule has 1 N–H and O–H groups in total. The highest BCUT2D eigenvalue weighted by atomic mass is 15.4. The van der Waals surface area contributed by atoms with E-state index in [2.05, 4.69) is 86.2 Å². The molecule has 4 nitrogen and oxygen atoms in total. The highest BCUT2D eigenvalue weighted by Gasteiger charge is 2.53. The zero-order valence-corrected chi connectivity index (χ0v) is 15.8. The van der Waals surface area contributed by atoms with Gasteiger partial charge in [-0.2, -0.15) is 0 Å². The van der Waals surface area contributed by atoms with Crippen molar-refractivity contribution in [2.45, 2.75) is 46.3 Å². The molecule has 0 aromatic heterocycles. The molecule has 1 aliphatic heterocycles. The Morgan fingerprint density at radius 3 is 2.39 bits per heavy atom. The van der Waals surface area contributed by atoms with Crippen molar-refractivity contribution in [2.24, 2.45) is 10.4 Å². The van der Waals surface area contributed by atoms with E-state index in [1.807, 2.05) is 7.05 Å². The Balaban J connectivity index is 2.00. The number of benzene rings is 1. The van der Waals surface area contributed by atoms with Gasteiger partial charge >= 0.3 is 0 Å². The Bertz CT molecular complexity index is 572. The van der Waals surface area contributed by atoms with E-state index in [9.17, 15) is 0 Å². The Morgan fingerprint density at radius 2 is 1.87 bits per heavy atom. The second-order valence-corrected chi connectivity index (χ2v) is 7.99. The molecule has 1 saturated heterocycles. The molecule has 0 bridgehead atoms. The third-order valence-corrected chi connectivity index (χ3v) is 5.29. The maximum absolute atomic E-state index is 4.48. The minimum Gasteiger partial charge on any atom is -0.352 e. The van der Waals surface area contributed by atoms with Gasteiger partial charge < -0.3 is 15.1 Å². The number of nitrogens with one attached hydrogen (secondary N) is 1. The summed E-state index contributed by atoms with van der Waals surface area (Å²) < 4.78 is 0. The van der Waals surface area contributed by atoms with Crippen molar-refractivity contribution in [3.8, 4) is 0 Å². The average molecular weight is 316 g/mol. The van der Waals surface area contributed by atoms with Crippen molar-refractivity contribution >= 4 is 5.96 Å². The molecule has 23 heavy (non-hydrogen) atoms. The van der Waals surface area contributed by atoms with Crippen LogP contribution >= 0.6 is 0 Å². The summed E-state index contributed by atoms with van der Waals surface area (Å²) in [5, 5.41) is 3.52. The number of aliphatic imine (C=N–C) groups is 1. The fourth-order valence-corrected chi connectivity index (χ4v) is 3.08. The van der Waals surface area contributed by atoms with Crippen LogP contribution in [0.25, 0.3) is 0 Å². The topological polar surface area (TPSA) is 30.9 Å². The summed E-state index contributed by atoms with van der Waals surface area (Å²) >= 11 is 0. The molecule has 0 radical (unpaired) electrons. The van der Waals surface area contributed by atoms with E-state index in [1.165, 1.54) is 11.1 Å². The zero-order chi connectivity index (χ0) is 17.3. The summed E-state index contributed by atoms with van der Waals surface area (Å²) in [6.07, 6.45) is 0. The molecular formula is C19H32N4. The van der Waals surface area contributed by atoms with Gasteiger partial charge in [0, 0.05) is 37.6 Å². The van der Waals surface area contributed by atoms with Crippen LogP contribution in [0.2, 0.25) is 0 Å². The van der Waals surface area contributed by atoms with Gasteiger partial charge in [0.15, 0.2) is 5.96 Å². The average Bonchev–Trinajstić information content (AvgIpc) is 2.46. The fraction of sp³-hybridized carbons (Fsp3) is 0.632. The van der Waals surface area contributed by atoms with Gasteiger partial charge in [-0.1, -0.05) is 38.1 Å². The van der Waals surface area contributed by atoms with Crippen LogP contribution in [-0.2, 0) is 13.1 Å². The molecule has 1 aliphatic rings. The molecule has 2 rings (SSSR count). The molecule has 1 aromatic carbocycles. The highest BCUT2D eigenvalue weighted by molar-refractivity contribution is 5.82. The molecule has 4 heteroatoms. The van der Waals surface area contributed by atoms with Crippen molar-refractivity contribution in [2.75, 3.05) is 27.7 Å². The molecule has 1 fully saturated rings.